The minimum absolute atomic E-state index is 0.0207. The maximum atomic E-state index is 9.22. The first kappa shape index (κ1) is 13.7. The normalized spacial score (nSPS) is 26.4. The topological polar surface area (TPSA) is 42.2 Å². The van der Waals surface area contributed by atoms with E-state index < -0.39 is 0 Å². The van der Waals surface area contributed by atoms with Crippen LogP contribution in [0.25, 0.3) is 0 Å². The van der Waals surface area contributed by atoms with Crippen molar-refractivity contribution in [3.05, 3.63) is 29.3 Å². The lowest BCUT2D eigenvalue weighted by atomic mass is 9.75. The first-order valence-corrected chi connectivity index (χ1v) is 7.23. The average Bonchev–Trinajstić information content (AvgIpc) is 2.88. The molecule has 1 aromatic carbocycles. The summed E-state index contributed by atoms with van der Waals surface area (Å²) in [5, 5.41) is 9.22. The first-order chi connectivity index (χ1) is 9.36. The van der Waals surface area contributed by atoms with E-state index in [0.29, 0.717) is 0 Å². The van der Waals surface area contributed by atoms with Gasteiger partial charge in [0.2, 0.25) is 0 Å². The molecule has 1 saturated heterocycles. The monoisotopic (exact) mass is 269 g/mol. The summed E-state index contributed by atoms with van der Waals surface area (Å²) in [6.07, 6.45) is 1.84. The number of benzene rings is 1. The second-order valence-electron chi connectivity index (χ2n) is 6.72. The quantitative estimate of drug-likeness (QED) is 0.736. The summed E-state index contributed by atoms with van der Waals surface area (Å²) < 4.78 is 12.3. The minimum atomic E-state index is -0.326. The van der Waals surface area contributed by atoms with E-state index in [-0.39, 0.29) is 24.2 Å². The predicted octanol–water partition coefficient (Wildman–Crippen LogP) is 2.54. The lowest BCUT2D eigenvalue weighted by Gasteiger charge is -2.32. The van der Waals surface area contributed by atoms with Crippen molar-refractivity contribution in [2.75, 3.05) is 0 Å². The molecule has 0 N–H and O–H groups in total. The van der Waals surface area contributed by atoms with Gasteiger partial charge in [0.1, 0.15) is 0 Å². The molecule has 1 atom stereocenters. The van der Waals surface area contributed by atoms with Crippen LogP contribution in [0.5, 0.6) is 0 Å². The summed E-state index contributed by atoms with van der Waals surface area (Å²) >= 11 is 0. The molecule has 20 heavy (non-hydrogen) atoms. The van der Waals surface area contributed by atoms with Gasteiger partial charge in [-0.3, -0.25) is 0 Å². The van der Waals surface area contributed by atoms with Crippen LogP contribution >= 0.6 is 0 Å². The van der Waals surface area contributed by atoms with Gasteiger partial charge in [-0.05, 0) is 57.1 Å². The summed E-state index contributed by atoms with van der Waals surface area (Å²) in [7, 11) is -0.326. The molecule has 1 aliphatic heterocycles. The van der Waals surface area contributed by atoms with E-state index in [4.69, 9.17) is 9.31 Å². The van der Waals surface area contributed by atoms with Crippen molar-refractivity contribution < 1.29 is 9.31 Å². The van der Waals surface area contributed by atoms with Gasteiger partial charge < -0.3 is 9.31 Å². The lowest BCUT2D eigenvalue weighted by molar-refractivity contribution is 0.00578. The van der Waals surface area contributed by atoms with Crippen LogP contribution in [0.15, 0.2) is 18.2 Å². The van der Waals surface area contributed by atoms with E-state index in [1.165, 1.54) is 5.56 Å². The van der Waals surface area contributed by atoms with Gasteiger partial charge in [0.25, 0.3) is 0 Å². The fourth-order valence-electron chi connectivity index (χ4n) is 3.01. The summed E-state index contributed by atoms with van der Waals surface area (Å²) in [5.74, 6) is 0.0207. The Morgan fingerprint density at radius 2 is 1.85 bits per heavy atom. The molecule has 1 heterocycles. The smallest absolute Gasteiger partial charge is 0.399 e. The molecular formula is C16H20BNO2. The van der Waals surface area contributed by atoms with Crippen LogP contribution in [0, 0.1) is 11.3 Å². The molecule has 3 rings (SSSR count). The molecule has 0 spiro atoms. The van der Waals surface area contributed by atoms with Crippen molar-refractivity contribution in [3.63, 3.8) is 0 Å². The summed E-state index contributed by atoms with van der Waals surface area (Å²) in [6.45, 7) is 8.25. The van der Waals surface area contributed by atoms with E-state index in [1.807, 2.05) is 6.07 Å². The zero-order valence-electron chi connectivity index (χ0n) is 12.6. The molecular weight excluding hydrogens is 249 g/mol. The Morgan fingerprint density at radius 1 is 1.20 bits per heavy atom. The average molecular weight is 269 g/mol. The third-order valence-corrected chi connectivity index (χ3v) is 4.97. The molecule has 0 aromatic heterocycles. The van der Waals surface area contributed by atoms with E-state index in [2.05, 4.69) is 45.9 Å². The zero-order chi connectivity index (χ0) is 14.5. The number of hydrogen-bond acceptors (Lipinski definition) is 3. The molecule has 0 amide bonds. The second kappa shape index (κ2) is 4.34. The van der Waals surface area contributed by atoms with Crippen molar-refractivity contribution in [2.45, 2.75) is 57.7 Å². The van der Waals surface area contributed by atoms with Crippen LogP contribution in [0.1, 0.15) is 51.2 Å². The van der Waals surface area contributed by atoms with Crippen molar-refractivity contribution in [1.29, 1.82) is 5.26 Å². The molecule has 0 saturated carbocycles. The maximum Gasteiger partial charge on any atom is 0.495 e. The number of hydrogen-bond donors (Lipinski definition) is 0. The Morgan fingerprint density at radius 3 is 2.45 bits per heavy atom. The minimum Gasteiger partial charge on any atom is -0.399 e. The molecule has 104 valence electrons. The van der Waals surface area contributed by atoms with E-state index in [0.717, 1.165) is 23.9 Å². The summed E-state index contributed by atoms with van der Waals surface area (Å²) in [6, 6.07) is 8.53. The largest absolute Gasteiger partial charge is 0.495 e. The molecule has 1 unspecified atom stereocenters. The van der Waals surface area contributed by atoms with E-state index in [1.54, 1.807) is 0 Å². The summed E-state index contributed by atoms with van der Waals surface area (Å²) in [5.41, 5.74) is 2.84. The molecule has 4 heteroatoms. The SMILES string of the molecule is CC1(C)OB(c2cccc3c2CCC3C#N)OC1(C)C. The molecule has 0 radical (unpaired) electrons. The fourth-order valence-corrected chi connectivity index (χ4v) is 3.01. The van der Waals surface area contributed by atoms with Gasteiger partial charge in [-0.25, -0.2) is 0 Å². The van der Waals surface area contributed by atoms with Crippen LogP contribution in [-0.2, 0) is 15.7 Å². The van der Waals surface area contributed by atoms with Gasteiger partial charge in [-0.15, -0.1) is 0 Å². The van der Waals surface area contributed by atoms with Gasteiger partial charge in [-0.1, -0.05) is 18.2 Å². The third-order valence-electron chi connectivity index (χ3n) is 4.97. The van der Waals surface area contributed by atoms with Crippen molar-refractivity contribution in [2.24, 2.45) is 0 Å². The maximum absolute atomic E-state index is 9.22. The van der Waals surface area contributed by atoms with Gasteiger partial charge >= 0.3 is 7.12 Å². The van der Waals surface area contributed by atoms with Gasteiger partial charge in [0.05, 0.1) is 23.2 Å². The van der Waals surface area contributed by atoms with Crippen LogP contribution in [0.2, 0.25) is 0 Å². The third kappa shape index (κ3) is 1.89. The number of nitrogens with zero attached hydrogens (tertiary/aromatic N) is 1. The van der Waals surface area contributed by atoms with Gasteiger partial charge in [-0.2, -0.15) is 5.26 Å². The number of nitriles is 1. The Bertz CT molecular complexity index is 573. The van der Waals surface area contributed by atoms with Crippen molar-refractivity contribution in [3.8, 4) is 6.07 Å². The highest BCUT2D eigenvalue weighted by Crippen LogP contribution is 2.38. The molecule has 2 aliphatic rings. The van der Waals surface area contributed by atoms with Crippen LogP contribution in [0.3, 0.4) is 0 Å². The van der Waals surface area contributed by atoms with Crippen LogP contribution in [0.4, 0.5) is 0 Å². The second-order valence-corrected chi connectivity index (χ2v) is 6.72. The van der Waals surface area contributed by atoms with Crippen LogP contribution in [-0.4, -0.2) is 18.3 Å². The highest BCUT2D eigenvalue weighted by molar-refractivity contribution is 6.62. The predicted molar refractivity (Wildman–Crippen MR) is 78.8 cm³/mol. The fraction of sp³-hybridized carbons (Fsp3) is 0.562. The molecule has 0 bridgehead atoms. The molecule has 3 nitrogen and oxygen atoms in total. The Kier molecular flexibility index (Phi) is 2.97. The first-order valence-electron chi connectivity index (χ1n) is 7.23. The zero-order valence-corrected chi connectivity index (χ0v) is 12.6. The number of fused-ring (bicyclic) bond motifs is 1. The van der Waals surface area contributed by atoms with Gasteiger partial charge in [0.15, 0.2) is 0 Å². The van der Waals surface area contributed by atoms with Crippen molar-refractivity contribution >= 4 is 12.6 Å². The summed E-state index contributed by atoms with van der Waals surface area (Å²) in [4.78, 5) is 0. The Labute approximate surface area is 121 Å². The van der Waals surface area contributed by atoms with Crippen molar-refractivity contribution in [1.82, 2.24) is 0 Å². The highest BCUT2D eigenvalue weighted by Gasteiger charge is 2.52. The van der Waals surface area contributed by atoms with E-state index in [9.17, 15) is 5.26 Å². The standard InChI is InChI=1S/C16H20BNO2/c1-15(2)16(3,4)20-17(19-15)14-7-5-6-12-11(10-18)8-9-13(12)14/h5-7,11H,8-9H2,1-4H3. The molecule has 1 aromatic rings. The Hall–Kier alpha value is -1.31. The number of rotatable bonds is 1. The highest BCUT2D eigenvalue weighted by atomic mass is 16.7. The van der Waals surface area contributed by atoms with Gasteiger partial charge in [0, 0.05) is 0 Å². The van der Waals surface area contributed by atoms with E-state index >= 15 is 0 Å². The Balaban J connectivity index is 1.99. The molecule has 1 aliphatic carbocycles. The molecule has 1 fully saturated rings. The lowest BCUT2D eigenvalue weighted by Crippen LogP contribution is -2.41. The van der Waals surface area contributed by atoms with Crippen LogP contribution < -0.4 is 5.46 Å².